The SMILES string of the molecule is CC(=O)Nc1sc2c(c1C(=O)Nc1ccc(Cl)cc1)CCCC2. The van der Waals surface area contributed by atoms with Crippen LogP contribution in [0.25, 0.3) is 0 Å². The molecule has 1 aromatic heterocycles. The number of hydrogen-bond acceptors (Lipinski definition) is 3. The average molecular weight is 349 g/mol. The zero-order valence-corrected chi connectivity index (χ0v) is 14.3. The second kappa shape index (κ2) is 6.72. The van der Waals surface area contributed by atoms with Crippen molar-refractivity contribution >= 4 is 45.4 Å². The Kier molecular flexibility index (Phi) is 4.68. The minimum atomic E-state index is -0.185. The van der Waals surface area contributed by atoms with Crippen molar-refractivity contribution in [3.8, 4) is 0 Å². The predicted octanol–water partition coefficient (Wildman–Crippen LogP) is 4.49. The summed E-state index contributed by atoms with van der Waals surface area (Å²) in [5.41, 5.74) is 2.37. The van der Waals surface area contributed by atoms with E-state index >= 15 is 0 Å². The molecule has 0 fully saturated rings. The third kappa shape index (κ3) is 3.57. The van der Waals surface area contributed by atoms with Crippen molar-refractivity contribution in [2.75, 3.05) is 10.6 Å². The highest BCUT2D eigenvalue weighted by molar-refractivity contribution is 7.17. The van der Waals surface area contributed by atoms with Crippen LogP contribution >= 0.6 is 22.9 Å². The molecule has 0 saturated heterocycles. The number of hydrogen-bond donors (Lipinski definition) is 2. The summed E-state index contributed by atoms with van der Waals surface area (Å²) in [5.74, 6) is -0.348. The maximum Gasteiger partial charge on any atom is 0.258 e. The first kappa shape index (κ1) is 16.0. The Morgan fingerprint density at radius 2 is 1.78 bits per heavy atom. The van der Waals surface area contributed by atoms with Gasteiger partial charge < -0.3 is 10.6 Å². The quantitative estimate of drug-likeness (QED) is 0.858. The maximum absolute atomic E-state index is 12.7. The number of carbonyl (C=O) groups is 2. The van der Waals surface area contributed by atoms with Gasteiger partial charge in [0.05, 0.1) is 5.56 Å². The van der Waals surface area contributed by atoms with Crippen molar-refractivity contribution in [2.24, 2.45) is 0 Å². The van der Waals surface area contributed by atoms with Gasteiger partial charge in [-0.3, -0.25) is 9.59 Å². The van der Waals surface area contributed by atoms with Gasteiger partial charge in [0.15, 0.2) is 0 Å². The van der Waals surface area contributed by atoms with E-state index in [0.29, 0.717) is 21.3 Å². The molecule has 120 valence electrons. The Labute approximate surface area is 143 Å². The first-order valence-electron chi connectivity index (χ1n) is 7.53. The second-order valence-electron chi connectivity index (χ2n) is 5.56. The number of nitrogens with one attached hydrogen (secondary N) is 2. The van der Waals surface area contributed by atoms with Crippen LogP contribution in [0.4, 0.5) is 10.7 Å². The molecule has 23 heavy (non-hydrogen) atoms. The third-order valence-corrected chi connectivity index (χ3v) is 5.25. The van der Waals surface area contributed by atoms with Gasteiger partial charge in [0.25, 0.3) is 5.91 Å². The Bertz CT molecular complexity index is 753. The van der Waals surface area contributed by atoms with Crippen LogP contribution in [0, 0.1) is 0 Å². The lowest BCUT2D eigenvalue weighted by molar-refractivity contribution is -0.114. The van der Waals surface area contributed by atoms with E-state index in [1.165, 1.54) is 23.1 Å². The standard InChI is InChI=1S/C17H17ClN2O2S/c1-10(21)19-17-15(13-4-2-3-5-14(13)23-17)16(22)20-12-8-6-11(18)7-9-12/h6-9H,2-5H2,1H3,(H,19,21)(H,20,22). The number of carbonyl (C=O) groups excluding carboxylic acids is 2. The van der Waals surface area contributed by atoms with Crippen LogP contribution in [0.15, 0.2) is 24.3 Å². The van der Waals surface area contributed by atoms with E-state index in [2.05, 4.69) is 10.6 Å². The molecule has 1 aliphatic rings. The van der Waals surface area contributed by atoms with E-state index in [9.17, 15) is 9.59 Å². The minimum Gasteiger partial charge on any atom is -0.322 e. The lowest BCUT2D eigenvalue weighted by atomic mass is 9.95. The smallest absolute Gasteiger partial charge is 0.258 e. The van der Waals surface area contributed by atoms with Gasteiger partial charge in [0.1, 0.15) is 5.00 Å². The number of rotatable bonds is 3. The zero-order chi connectivity index (χ0) is 16.4. The Balaban J connectivity index is 1.93. The van der Waals surface area contributed by atoms with Crippen LogP contribution in [0.1, 0.15) is 40.6 Å². The topological polar surface area (TPSA) is 58.2 Å². The molecule has 0 unspecified atom stereocenters. The molecule has 0 radical (unpaired) electrons. The van der Waals surface area contributed by atoms with Gasteiger partial charge in [-0.2, -0.15) is 0 Å². The fraction of sp³-hybridized carbons (Fsp3) is 0.294. The largest absolute Gasteiger partial charge is 0.322 e. The molecule has 0 saturated carbocycles. The molecule has 2 aromatic rings. The van der Waals surface area contributed by atoms with Crippen molar-refractivity contribution in [3.63, 3.8) is 0 Å². The molecule has 3 rings (SSSR count). The summed E-state index contributed by atoms with van der Waals surface area (Å²) in [5, 5.41) is 6.97. The van der Waals surface area contributed by atoms with E-state index in [4.69, 9.17) is 11.6 Å². The fourth-order valence-corrected chi connectivity index (χ4v) is 4.24. The van der Waals surface area contributed by atoms with E-state index in [0.717, 1.165) is 31.2 Å². The molecule has 2 N–H and O–H groups in total. The highest BCUT2D eigenvalue weighted by atomic mass is 35.5. The number of anilines is 2. The van der Waals surface area contributed by atoms with Crippen molar-refractivity contribution in [2.45, 2.75) is 32.6 Å². The van der Waals surface area contributed by atoms with E-state index in [-0.39, 0.29) is 11.8 Å². The summed E-state index contributed by atoms with van der Waals surface area (Å²) in [6.45, 7) is 1.46. The number of thiophene rings is 1. The lowest BCUT2D eigenvalue weighted by Crippen LogP contribution is -2.17. The van der Waals surface area contributed by atoms with Crippen molar-refractivity contribution < 1.29 is 9.59 Å². The maximum atomic E-state index is 12.7. The summed E-state index contributed by atoms with van der Waals surface area (Å²) in [7, 11) is 0. The molecule has 6 heteroatoms. The molecule has 1 aromatic carbocycles. The molecule has 1 aliphatic carbocycles. The van der Waals surface area contributed by atoms with Crippen LogP contribution in [0.2, 0.25) is 5.02 Å². The summed E-state index contributed by atoms with van der Waals surface area (Å²) in [6.07, 6.45) is 4.06. The molecular weight excluding hydrogens is 332 g/mol. The van der Waals surface area contributed by atoms with Gasteiger partial charge in [0, 0.05) is 22.5 Å². The molecule has 0 atom stereocenters. The van der Waals surface area contributed by atoms with Gasteiger partial charge in [-0.05, 0) is 55.5 Å². The van der Waals surface area contributed by atoms with Gasteiger partial charge in [-0.15, -0.1) is 11.3 Å². The molecular formula is C17H17ClN2O2S. The summed E-state index contributed by atoms with van der Waals surface area (Å²) < 4.78 is 0. The number of amides is 2. The number of fused-ring (bicyclic) bond motifs is 1. The highest BCUT2D eigenvalue weighted by Crippen LogP contribution is 2.38. The van der Waals surface area contributed by atoms with Crippen LogP contribution in [0.3, 0.4) is 0 Å². The monoisotopic (exact) mass is 348 g/mol. The summed E-state index contributed by atoms with van der Waals surface area (Å²) >= 11 is 7.38. The zero-order valence-electron chi connectivity index (χ0n) is 12.7. The first-order chi connectivity index (χ1) is 11.0. The van der Waals surface area contributed by atoms with Crippen LogP contribution in [-0.2, 0) is 17.6 Å². The lowest BCUT2D eigenvalue weighted by Gasteiger charge is -2.13. The van der Waals surface area contributed by atoms with Crippen molar-refractivity contribution in [1.29, 1.82) is 0 Å². The van der Waals surface area contributed by atoms with Gasteiger partial charge in [-0.25, -0.2) is 0 Å². The van der Waals surface area contributed by atoms with E-state index < -0.39 is 0 Å². The van der Waals surface area contributed by atoms with Gasteiger partial charge in [0.2, 0.25) is 5.91 Å². The molecule has 2 amide bonds. The second-order valence-corrected chi connectivity index (χ2v) is 7.10. The van der Waals surface area contributed by atoms with E-state index in [1.807, 2.05) is 0 Å². The summed E-state index contributed by atoms with van der Waals surface area (Å²) in [6, 6.07) is 6.98. The van der Waals surface area contributed by atoms with Crippen LogP contribution in [0.5, 0.6) is 0 Å². The Hall–Kier alpha value is -1.85. The van der Waals surface area contributed by atoms with Crippen LogP contribution < -0.4 is 10.6 Å². The first-order valence-corrected chi connectivity index (χ1v) is 8.73. The normalized spacial score (nSPS) is 13.3. The van der Waals surface area contributed by atoms with E-state index in [1.54, 1.807) is 24.3 Å². The molecule has 0 spiro atoms. The Morgan fingerprint density at radius 3 is 2.48 bits per heavy atom. The van der Waals surface area contributed by atoms with Crippen molar-refractivity contribution in [3.05, 3.63) is 45.3 Å². The molecule has 0 aliphatic heterocycles. The molecule has 4 nitrogen and oxygen atoms in total. The number of benzene rings is 1. The number of halogens is 1. The molecule has 0 bridgehead atoms. The number of aryl methyl sites for hydroxylation is 1. The highest BCUT2D eigenvalue weighted by Gasteiger charge is 2.25. The Morgan fingerprint density at radius 1 is 1.09 bits per heavy atom. The molecule has 1 heterocycles. The summed E-state index contributed by atoms with van der Waals surface area (Å²) in [4.78, 5) is 25.4. The average Bonchev–Trinajstić information content (AvgIpc) is 2.86. The fourth-order valence-electron chi connectivity index (χ4n) is 2.78. The van der Waals surface area contributed by atoms with Gasteiger partial charge in [-0.1, -0.05) is 11.6 Å². The van der Waals surface area contributed by atoms with Crippen molar-refractivity contribution in [1.82, 2.24) is 0 Å². The van der Waals surface area contributed by atoms with Gasteiger partial charge >= 0.3 is 0 Å². The van der Waals surface area contributed by atoms with Crippen LogP contribution in [-0.4, -0.2) is 11.8 Å². The third-order valence-electron chi connectivity index (χ3n) is 3.79. The predicted molar refractivity (Wildman–Crippen MR) is 94.7 cm³/mol. The minimum absolute atomic E-state index is 0.163.